The molecule has 3 rings (SSSR count). The van der Waals surface area contributed by atoms with Crippen LogP contribution in [0.2, 0.25) is 0 Å². The van der Waals surface area contributed by atoms with Crippen LogP contribution in [0, 0.1) is 11.3 Å². The normalized spacial score (nSPS) is 11.4. The lowest BCUT2D eigenvalue weighted by Crippen LogP contribution is -2.45. The van der Waals surface area contributed by atoms with E-state index in [1.165, 1.54) is 7.11 Å². The number of carbonyl (C=O) groups is 2. The van der Waals surface area contributed by atoms with Crippen molar-refractivity contribution in [2.75, 3.05) is 7.11 Å². The molecule has 0 saturated heterocycles. The number of ether oxygens (including phenoxy) is 1. The topological polar surface area (TPSA) is 79.2 Å². The first-order valence-electron chi connectivity index (χ1n) is 9.59. The highest BCUT2D eigenvalue weighted by Crippen LogP contribution is 2.25. The molecule has 5 heteroatoms. The van der Waals surface area contributed by atoms with Gasteiger partial charge in [-0.1, -0.05) is 72.8 Å². The molecule has 0 unspecified atom stereocenters. The van der Waals surface area contributed by atoms with E-state index in [2.05, 4.69) is 11.4 Å². The quantitative estimate of drug-likeness (QED) is 0.617. The fourth-order valence-corrected chi connectivity index (χ4v) is 3.33. The van der Waals surface area contributed by atoms with Crippen molar-refractivity contribution in [3.63, 3.8) is 0 Å². The number of nitrogens with one attached hydrogen (secondary N) is 1. The summed E-state index contributed by atoms with van der Waals surface area (Å²) in [5.41, 5.74) is 3.03. The summed E-state index contributed by atoms with van der Waals surface area (Å²) in [6.07, 6.45) is 0.264. The maximum Gasteiger partial charge on any atom is 0.328 e. The molecule has 3 aromatic carbocycles. The molecule has 1 atom stereocenters. The fraction of sp³-hybridized carbons (Fsp3) is 0.160. The number of amides is 1. The highest BCUT2D eigenvalue weighted by Gasteiger charge is 2.28. The van der Waals surface area contributed by atoms with E-state index in [9.17, 15) is 9.59 Å². The molecular formula is C25H22N2O3. The number of rotatable bonds is 7. The van der Waals surface area contributed by atoms with E-state index in [0.717, 1.165) is 16.7 Å². The van der Waals surface area contributed by atoms with Gasteiger partial charge in [0.2, 0.25) is 5.91 Å². The minimum Gasteiger partial charge on any atom is -0.467 e. The van der Waals surface area contributed by atoms with Gasteiger partial charge in [0.25, 0.3) is 0 Å². The minimum absolute atomic E-state index is 0.264. The Hall–Kier alpha value is -3.91. The molecule has 0 spiro atoms. The zero-order valence-corrected chi connectivity index (χ0v) is 16.6. The van der Waals surface area contributed by atoms with Crippen molar-refractivity contribution >= 4 is 11.9 Å². The third kappa shape index (κ3) is 5.12. The third-order valence-corrected chi connectivity index (χ3v) is 4.85. The van der Waals surface area contributed by atoms with Gasteiger partial charge in [0, 0.05) is 6.42 Å². The Bertz CT molecular complexity index is 986. The summed E-state index contributed by atoms with van der Waals surface area (Å²) in [7, 11) is 1.30. The van der Waals surface area contributed by atoms with Gasteiger partial charge >= 0.3 is 5.97 Å². The summed E-state index contributed by atoms with van der Waals surface area (Å²) in [4.78, 5) is 25.7. The van der Waals surface area contributed by atoms with Crippen molar-refractivity contribution < 1.29 is 14.3 Å². The number of esters is 1. The van der Waals surface area contributed by atoms with Crippen molar-refractivity contribution in [1.82, 2.24) is 5.32 Å². The van der Waals surface area contributed by atoms with Crippen LogP contribution in [0.1, 0.15) is 28.2 Å². The first kappa shape index (κ1) is 20.8. The van der Waals surface area contributed by atoms with Crippen molar-refractivity contribution in [1.29, 1.82) is 5.26 Å². The summed E-state index contributed by atoms with van der Waals surface area (Å²) >= 11 is 0. The van der Waals surface area contributed by atoms with E-state index in [-0.39, 0.29) is 12.3 Å². The zero-order chi connectivity index (χ0) is 21.3. The van der Waals surface area contributed by atoms with Crippen molar-refractivity contribution in [3.8, 4) is 6.07 Å². The Morgan fingerprint density at radius 3 is 1.90 bits per heavy atom. The van der Waals surface area contributed by atoms with Gasteiger partial charge in [-0.05, 0) is 28.8 Å². The molecular weight excluding hydrogens is 376 g/mol. The highest BCUT2D eigenvalue weighted by molar-refractivity contribution is 5.91. The molecule has 1 N–H and O–H groups in total. The van der Waals surface area contributed by atoms with Gasteiger partial charge in [0.1, 0.15) is 6.04 Å². The van der Waals surface area contributed by atoms with Crippen molar-refractivity contribution in [2.45, 2.75) is 18.4 Å². The number of benzene rings is 3. The smallest absolute Gasteiger partial charge is 0.328 e. The molecule has 1 amide bonds. The summed E-state index contributed by atoms with van der Waals surface area (Å²) < 4.78 is 4.92. The molecule has 0 aromatic heterocycles. The monoisotopic (exact) mass is 398 g/mol. The lowest BCUT2D eigenvalue weighted by molar-refractivity contribution is -0.145. The molecule has 0 fully saturated rings. The van der Waals surface area contributed by atoms with Crippen molar-refractivity contribution in [2.24, 2.45) is 0 Å². The number of methoxy groups -OCH3 is 1. The standard InChI is InChI=1S/C25H22N2O3/c1-30-25(29)22(16-18-12-14-19(17-26)15-13-18)27-24(28)23(20-8-4-2-5-9-20)21-10-6-3-7-11-21/h2-15,22-23H,16H2,1H3,(H,27,28)/t22-/m1/s1. The van der Waals surface area contributed by atoms with E-state index < -0.39 is 17.9 Å². The zero-order valence-electron chi connectivity index (χ0n) is 16.6. The molecule has 0 saturated carbocycles. The van der Waals surface area contributed by atoms with Crippen LogP contribution in [0.25, 0.3) is 0 Å². The van der Waals surface area contributed by atoms with Crippen LogP contribution < -0.4 is 5.32 Å². The summed E-state index contributed by atoms with van der Waals surface area (Å²) in [5, 5.41) is 11.8. The number of hydrogen-bond donors (Lipinski definition) is 1. The Kier molecular flexibility index (Phi) is 6.96. The first-order valence-corrected chi connectivity index (χ1v) is 9.59. The van der Waals surface area contributed by atoms with E-state index in [0.29, 0.717) is 5.56 Å². The molecule has 30 heavy (non-hydrogen) atoms. The predicted molar refractivity (Wildman–Crippen MR) is 114 cm³/mol. The molecule has 0 radical (unpaired) electrons. The summed E-state index contributed by atoms with van der Waals surface area (Å²) in [6.45, 7) is 0. The lowest BCUT2D eigenvalue weighted by atomic mass is 9.90. The largest absolute Gasteiger partial charge is 0.467 e. The molecule has 0 aliphatic heterocycles. The van der Waals surface area contributed by atoms with Crippen LogP contribution in [-0.2, 0) is 20.7 Å². The van der Waals surface area contributed by atoms with Gasteiger partial charge in [-0.2, -0.15) is 5.26 Å². The predicted octanol–water partition coefficient (Wildman–Crippen LogP) is 3.59. The number of hydrogen-bond acceptors (Lipinski definition) is 4. The molecule has 3 aromatic rings. The number of carbonyl (C=O) groups excluding carboxylic acids is 2. The Balaban J connectivity index is 1.86. The number of nitrogens with zero attached hydrogens (tertiary/aromatic N) is 1. The lowest BCUT2D eigenvalue weighted by Gasteiger charge is -2.22. The van der Waals surface area contributed by atoms with Gasteiger partial charge in [0.15, 0.2) is 0 Å². The average molecular weight is 398 g/mol. The van der Waals surface area contributed by atoms with Gasteiger partial charge in [0.05, 0.1) is 24.7 Å². The maximum atomic E-state index is 13.3. The Morgan fingerprint density at radius 2 is 1.43 bits per heavy atom. The molecule has 5 nitrogen and oxygen atoms in total. The summed E-state index contributed by atoms with van der Waals surface area (Å²) in [6, 6.07) is 27.0. The number of nitriles is 1. The van der Waals surface area contributed by atoms with Gasteiger partial charge in [-0.25, -0.2) is 4.79 Å². The second kappa shape index (κ2) is 10.0. The van der Waals surface area contributed by atoms with Gasteiger partial charge in [-0.3, -0.25) is 4.79 Å². The van der Waals surface area contributed by atoms with Gasteiger partial charge < -0.3 is 10.1 Å². The van der Waals surface area contributed by atoms with Crippen molar-refractivity contribution in [3.05, 3.63) is 107 Å². The SMILES string of the molecule is COC(=O)[C@@H](Cc1ccc(C#N)cc1)NC(=O)C(c1ccccc1)c1ccccc1. The fourth-order valence-electron chi connectivity index (χ4n) is 3.33. The van der Waals surface area contributed by atoms with Crippen LogP contribution in [0.5, 0.6) is 0 Å². The second-order valence-corrected chi connectivity index (χ2v) is 6.85. The van der Waals surface area contributed by atoms with Gasteiger partial charge in [-0.15, -0.1) is 0 Å². The molecule has 0 heterocycles. The highest BCUT2D eigenvalue weighted by atomic mass is 16.5. The summed E-state index contributed by atoms with van der Waals surface area (Å²) in [5.74, 6) is -1.36. The maximum absolute atomic E-state index is 13.3. The Morgan fingerprint density at radius 1 is 0.900 bits per heavy atom. The molecule has 0 bridgehead atoms. The molecule has 150 valence electrons. The Labute approximate surface area is 175 Å². The van der Waals surface area contributed by atoms with E-state index in [4.69, 9.17) is 10.00 Å². The van der Waals surface area contributed by atoms with Crippen LogP contribution in [0.4, 0.5) is 0 Å². The average Bonchev–Trinajstić information content (AvgIpc) is 2.80. The van der Waals surface area contributed by atoms with Crippen LogP contribution in [-0.4, -0.2) is 25.0 Å². The first-order chi connectivity index (χ1) is 14.6. The van der Waals surface area contributed by atoms with Crippen LogP contribution >= 0.6 is 0 Å². The van der Waals surface area contributed by atoms with Crippen LogP contribution in [0.3, 0.4) is 0 Å². The third-order valence-electron chi connectivity index (χ3n) is 4.85. The van der Waals surface area contributed by atoms with Crippen LogP contribution in [0.15, 0.2) is 84.9 Å². The molecule has 0 aliphatic rings. The van der Waals surface area contributed by atoms with E-state index in [1.54, 1.807) is 24.3 Å². The minimum atomic E-state index is -0.842. The van der Waals surface area contributed by atoms with E-state index >= 15 is 0 Å². The molecule has 0 aliphatic carbocycles. The van der Waals surface area contributed by atoms with E-state index in [1.807, 2.05) is 60.7 Å². The second-order valence-electron chi connectivity index (χ2n) is 6.85.